The summed E-state index contributed by atoms with van der Waals surface area (Å²) in [5.74, 6) is -0.321. The van der Waals surface area contributed by atoms with Crippen LogP contribution >= 0.6 is 22.9 Å². The van der Waals surface area contributed by atoms with E-state index in [2.05, 4.69) is 10.3 Å². The molecule has 0 aromatic carbocycles. The Morgan fingerprint density at radius 3 is 2.96 bits per heavy atom. The van der Waals surface area contributed by atoms with Crippen molar-refractivity contribution in [3.63, 3.8) is 0 Å². The maximum atomic E-state index is 10.9. The number of amides is 1. The number of carbonyl (C=O) groups excluding carboxylic acids is 1. The van der Waals surface area contributed by atoms with Gasteiger partial charge in [0.15, 0.2) is 0 Å². The fraction of sp³-hybridized carbons (Fsp3) is 0.556. The molecule has 0 radical (unpaired) electrons. The highest BCUT2D eigenvalue weighted by Crippen LogP contribution is 2.39. The molecule has 3 rings (SSSR count). The van der Waals surface area contributed by atoms with Crippen molar-refractivity contribution in [2.24, 2.45) is 0 Å². The van der Waals surface area contributed by atoms with Gasteiger partial charge in [0.05, 0.1) is 5.02 Å². The Morgan fingerprint density at radius 1 is 1.28 bits per heavy atom. The van der Waals surface area contributed by atoms with Gasteiger partial charge in [-0.15, -0.1) is 11.3 Å². The van der Waals surface area contributed by atoms with Crippen molar-refractivity contribution in [3.8, 4) is 0 Å². The summed E-state index contributed by atoms with van der Waals surface area (Å²) in [5.41, 5.74) is 4.13. The van der Waals surface area contributed by atoms with Crippen LogP contribution in [0.15, 0.2) is 6.20 Å². The first-order chi connectivity index (χ1) is 12.2. The molecule has 2 aromatic rings. The van der Waals surface area contributed by atoms with E-state index < -0.39 is 0 Å². The van der Waals surface area contributed by atoms with Gasteiger partial charge in [0.25, 0.3) is 0 Å². The quantitative estimate of drug-likeness (QED) is 0.367. The minimum Gasteiger partial charge on any atom is -0.313 e. The zero-order valence-electron chi connectivity index (χ0n) is 14.2. The minimum absolute atomic E-state index is 0.321. The summed E-state index contributed by atoms with van der Waals surface area (Å²) in [6.45, 7) is 1.58. The zero-order valence-corrected chi connectivity index (χ0v) is 15.8. The molecule has 0 atom stereocenters. The van der Waals surface area contributed by atoms with E-state index in [4.69, 9.17) is 16.8 Å². The number of nitrogens with one attached hydrogen (secondary N) is 2. The van der Waals surface area contributed by atoms with Crippen LogP contribution in [-0.2, 0) is 24.2 Å². The SMILES string of the molecule is O=C(CCCCCNCc1cnc2sc3c(c2c1Cl)CCCC3)NO. The Kier molecular flexibility index (Phi) is 6.64. The summed E-state index contributed by atoms with van der Waals surface area (Å²) in [5, 5.41) is 13.9. The van der Waals surface area contributed by atoms with Crippen LogP contribution in [0.4, 0.5) is 0 Å². The van der Waals surface area contributed by atoms with Crippen LogP contribution in [0.25, 0.3) is 10.2 Å². The van der Waals surface area contributed by atoms with Crippen molar-refractivity contribution < 1.29 is 10.0 Å². The predicted octanol–water partition coefficient (Wildman–Crippen LogP) is 3.98. The third kappa shape index (κ3) is 4.50. The van der Waals surface area contributed by atoms with Crippen molar-refractivity contribution in [1.82, 2.24) is 15.8 Å². The van der Waals surface area contributed by atoms with Gasteiger partial charge >= 0.3 is 0 Å². The first-order valence-corrected chi connectivity index (χ1v) is 10.1. The lowest BCUT2D eigenvalue weighted by atomic mass is 9.96. The number of nitrogens with zero attached hydrogens (tertiary/aromatic N) is 1. The predicted molar refractivity (Wildman–Crippen MR) is 101 cm³/mol. The van der Waals surface area contributed by atoms with Crippen LogP contribution in [0.2, 0.25) is 5.02 Å². The normalized spacial score (nSPS) is 13.8. The summed E-state index contributed by atoms with van der Waals surface area (Å²) in [4.78, 5) is 18.1. The first-order valence-electron chi connectivity index (χ1n) is 8.92. The Bertz CT molecular complexity index is 747. The molecule has 0 saturated heterocycles. The average Bonchev–Trinajstić information content (AvgIpc) is 3.01. The fourth-order valence-electron chi connectivity index (χ4n) is 3.34. The largest absolute Gasteiger partial charge is 0.313 e. The molecule has 0 aliphatic heterocycles. The Balaban J connectivity index is 1.52. The maximum Gasteiger partial charge on any atom is 0.243 e. The number of hydrogen-bond donors (Lipinski definition) is 3. The molecule has 1 amide bonds. The van der Waals surface area contributed by atoms with Crippen LogP contribution in [0.3, 0.4) is 0 Å². The molecule has 25 heavy (non-hydrogen) atoms. The minimum atomic E-state index is -0.321. The highest BCUT2D eigenvalue weighted by atomic mass is 35.5. The van der Waals surface area contributed by atoms with Crippen LogP contribution in [0.5, 0.6) is 0 Å². The van der Waals surface area contributed by atoms with Gasteiger partial charge in [-0.2, -0.15) is 0 Å². The Labute approximate surface area is 156 Å². The van der Waals surface area contributed by atoms with E-state index in [1.807, 2.05) is 6.20 Å². The molecule has 1 aliphatic carbocycles. The van der Waals surface area contributed by atoms with E-state index >= 15 is 0 Å². The van der Waals surface area contributed by atoms with Crippen molar-refractivity contribution in [1.29, 1.82) is 0 Å². The number of aromatic nitrogens is 1. The van der Waals surface area contributed by atoms with Crippen molar-refractivity contribution in [2.45, 2.75) is 57.9 Å². The average molecular weight is 382 g/mol. The van der Waals surface area contributed by atoms with Gasteiger partial charge in [0, 0.05) is 35.0 Å². The third-order valence-corrected chi connectivity index (χ3v) is 6.32. The fourth-order valence-corrected chi connectivity index (χ4v) is 4.95. The third-order valence-electron chi connectivity index (χ3n) is 4.69. The smallest absolute Gasteiger partial charge is 0.243 e. The molecule has 136 valence electrons. The van der Waals surface area contributed by atoms with E-state index in [0.717, 1.165) is 54.1 Å². The Hall–Kier alpha value is -1.21. The molecular weight excluding hydrogens is 358 g/mol. The van der Waals surface area contributed by atoms with Gasteiger partial charge in [-0.1, -0.05) is 18.0 Å². The van der Waals surface area contributed by atoms with Crippen LogP contribution < -0.4 is 10.8 Å². The lowest BCUT2D eigenvalue weighted by molar-refractivity contribution is -0.129. The lowest BCUT2D eigenvalue weighted by Gasteiger charge is -2.12. The molecule has 0 spiro atoms. The molecule has 0 fully saturated rings. The van der Waals surface area contributed by atoms with Crippen LogP contribution in [-0.4, -0.2) is 22.6 Å². The summed E-state index contributed by atoms with van der Waals surface area (Å²) in [6, 6.07) is 0. The first kappa shape index (κ1) is 18.6. The van der Waals surface area contributed by atoms with Crippen molar-refractivity contribution >= 4 is 39.1 Å². The number of fused-ring (bicyclic) bond motifs is 3. The molecule has 0 unspecified atom stereocenters. The highest BCUT2D eigenvalue weighted by Gasteiger charge is 2.20. The number of hydroxylamine groups is 1. The van der Waals surface area contributed by atoms with Crippen molar-refractivity contribution in [3.05, 3.63) is 27.2 Å². The van der Waals surface area contributed by atoms with Gasteiger partial charge in [-0.05, 0) is 50.6 Å². The second-order valence-corrected chi connectivity index (χ2v) is 7.97. The standard InChI is InChI=1S/C18H24ClN3O2S/c19-17-12(10-20-9-5-1-2-8-15(23)22-24)11-21-18-16(17)13-6-3-4-7-14(13)25-18/h11,20,24H,1-10H2,(H,22,23). The molecule has 7 heteroatoms. The molecule has 0 bridgehead atoms. The number of rotatable bonds is 8. The number of pyridine rings is 1. The summed E-state index contributed by atoms with van der Waals surface area (Å²) in [6.07, 6.45) is 9.77. The topological polar surface area (TPSA) is 74.2 Å². The maximum absolute atomic E-state index is 10.9. The second kappa shape index (κ2) is 8.94. The van der Waals surface area contributed by atoms with Gasteiger partial charge in [-0.25, -0.2) is 10.5 Å². The van der Waals surface area contributed by atoms with Crippen molar-refractivity contribution in [2.75, 3.05) is 6.54 Å². The van der Waals surface area contributed by atoms with Crippen LogP contribution in [0.1, 0.15) is 54.5 Å². The number of unbranched alkanes of at least 4 members (excludes halogenated alkanes) is 2. The second-order valence-electron chi connectivity index (χ2n) is 6.51. The molecule has 3 N–H and O–H groups in total. The van der Waals surface area contributed by atoms with E-state index in [9.17, 15) is 4.79 Å². The molecular formula is C18H24ClN3O2S. The number of thiophene rings is 1. The number of halogens is 1. The monoisotopic (exact) mass is 381 g/mol. The van der Waals surface area contributed by atoms with Gasteiger partial charge in [0.1, 0.15) is 4.83 Å². The summed E-state index contributed by atoms with van der Waals surface area (Å²) >= 11 is 8.49. The van der Waals surface area contributed by atoms with Gasteiger partial charge in [-0.3, -0.25) is 10.0 Å². The summed E-state index contributed by atoms with van der Waals surface area (Å²) < 4.78 is 0. The van der Waals surface area contributed by atoms with E-state index in [0.29, 0.717) is 13.0 Å². The summed E-state index contributed by atoms with van der Waals surface area (Å²) in [7, 11) is 0. The molecule has 2 aromatic heterocycles. The number of carbonyl (C=O) groups is 1. The highest BCUT2D eigenvalue weighted by molar-refractivity contribution is 7.19. The lowest BCUT2D eigenvalue weighted by Crippen LogP contribution is -2.18. The van der Waals surface area contributed by atoms with E-state index in [1.165, 1.54) is 28.7 Å². The van der Waals surface area contributed by atoms with Gasteiger partial charge < -0.3 is 5.32 Å². The van der Waals surface area contributed by atoms with Crippen LogP contribution in [0, 0.1) is 0 Å². The zero-order chi connectivity index (χ0) is 17.6. The molecule has 0 saturated carbocycles. The molecule has 1 aliphatic rings. The Morgan fingerprint density at radius 2 is 2.12 bits per heavy atom. The van der Waals surface area contributed by atoms with E-state index in [1.54, 1.807) is 16.8 Å². The molecule has 2 heterocycles. The van der Waals surface area contributed by atoms with Gasteiger partial charge in [0.2, 0.25) is 5.91 Å². The molecule has 5 nitrogen and oxygen atoms in total. The van der Waals surface area contributed by atoms with E-state index in [-0.39, 0.29) is 5.91 Å². The number of hydrogen-bond acceptors (Lipinski definition) is 5. The number of aryl methyl sites for hydroxylation is 2.